The topological polar surface area (TPSA) is 192 Å². The Kier molecular flexibility index (Phi) is 11.7. The highest BCUT2D eigenvalue weighted by atomic mass is 32.2. The smallest absolute Gasteiger partial charge is 0.427 e. The maximum absolute atomic E-state index is 14.8. The molecular weight excluding hydrogens is 776 g/mol. The number of hydrogen-bond acceptors (Lipinski definition) is 11. The van der Waals surface area contributed by atoms with E-state index in [-0.39, 0.29) is 31.7 Å². The van der Waals surface area contributed by atoms with Gasteiger partial charge in [0.25, 0.3) is 5.91 Å². The predicted octanol–water partition coefficient (Wildman–Crippen LogP) is 4.04. The van der Waals surface area contributed by atoms with Gasteiger partial charge in [0.15, 0.2) is 0 Å². The first-order chi connectivity index (χ1) is 26.8. The molecule has 3 heterocycles. The van der Waals surface area contributed by atoms with Crippen molar-refractivity contribution in [2.24, 2.45) is 5.92 Å². The molecule has 2 aromatic rings. The van der Waals surface area contributed by atoms with Crippen molar-refractivity contribution in [3.63, 3.8) is 0 Å². The molecule has 19 heteroatoms. The number of hydrogen-bond donors (Lipinski definition) is 3. The summed E-state index contributed by atoms with van der Waals surface area (Å²) in [6.45, 7) is 4.48. The average molecular weight is 824 g/mol. The summed E-state index contributed by atoms with van der Waals surface area (Å²) in [5.74, 6) is -2.54. The van der Waals surface area contributed by atoms with Crippen LogP contribution >= 0.6 is 0 Å². The van der Waals surface area contributed by atoms with Crippen LogP contribution in [0.3, 0.4) is 0 Å². The van der Waals surface area contributed by atoms with Crippen LogP contribution in [0.1, 0.15) is 72.6 Å². The third kappa shape index (κ3) is 8.93. The molecule has 0 radical (unpaired) electrons. The molecule has 312 valence electrons. The molecule has 15 nitrogen and oxygen atoms in total. The SMILES string of the molecule is CC[C@@H]1O[C@H](C)CC/C=C\C2C[C@@]2(C(=O)NS(=O)(=O)C2CC2)NC(=O)[C@@H]2C[C@@H](Oc3ncc(OC)c4ccccc34)CN2C(=O)[C@H]1NC(=O)OC(C)(C)C(F)(F)F. The highest BCUT2D eigenvalue weighted by Crippen LogP contribution is 2.46. The van der Waals surface area contributed by atoms with Crippen LogP contribution in [0.5, 0.6) is 11.6 Å². The first-order valence-corrected chi connectivity index (χ1v) is 20.5. The molecule has 1 aromatic heterocycles. The molecule has 0 spiro atoms. The summed E-state index contributed by atoms with van der Waals surface area (Å²) < 4.78 is 91.9. The molecule has 1 aromatic carbocycles. The van der Waals surface area contributed by atoms with E-state index in [1.165, 1.54) is 13.3 Å². The maximum atomic E-state index is 14.8. The summed E-state index contributed by atoms with van der Waals surface area (Å²) in [5, 5.41) is 5.60. The molecule has 1 unspecified atom stereocenters. The van der Waals surface area contributed by atoms with Crippen LogP contribution in [0.25, 0.3) is 10.8 Å². The number of halogens is 3. The van der Waals surface area contributed by atoms with E-state index in [0.29, 0.717) is 56.1 Å². The lowest BCUT2D eigenvalue weighted by Crippen LogP contribution is -2.61. The van der Waals surface area contributed by atoms with Crippen LogP contribution in [0.2, 0.25) is 0 Å². The number of alkyl carbamates (subject to hydrolysis) is 1. The largest absolute Gasteiger partial charge is 0.494 e. The van der Waals surface area contributed by atoms with Gasteiger partial charge < -0.3 is 34.5 Å². The Labute approximate surface area is 328 Å². The normalized spacial score (nSPS) is 29.2. The molecule has 4 aliphatic rings. The zero-order chi connectivity index (χ0) is 41.5. The second kappa shape index (κ2) is 15.9. The van der Waals surface area contributed by atoms with Gasteiger partial charge in [-0.05, 0) is 65.4 Å². The molecule has 7 atom stereocenters. The Hall–Kier alpha value is -4.65. The van der Waals surface area contributed by atoms with E-state index in [1.54, 1.807) is 50.3 Å². The van der Waals surface area contributed by atoms with Crippen LogP contribution in [-0.4, -0.2) is 109 Å². The van der Waals surface area contributed by atoms with Gasteiger partial charge in [-0.1, -0.05) is 37.3 Å². The number of sulfonamides is 1. The number of carbonyl (C=O) groups excluding carboxylic acids is 4. The second-order valence-corrected chi connectivity index (χ2v) is 17.5. The molecule has 1 saturated heterocycles. The Morgan fingerprint density at radius 3 is 2.47 bits per heavy atom. The fourth-order valence-corrected chi connectivity index (χ4v) is 8.57. The highest BCUT2D eigenvalue weighted by Gasteiger charge is 2.62. The van der Waals surface area contributed by atoms with Gasteiger partial charge in [-0.15, -0.1) is 0 Å². The van der Waals surface area contributed by atoms with Crippen LogP contribution < -0.4 is 24.8 Å². The lowest BCUT2D eigenvalue weighted by molar-refractivity contribution is -0.244. The number of pyridine rings is 1. The predicted molar refractivity (Wildman–Crippen MR) is 198 cm³/mol. The number of carbonyl (C=O) groups is 4. The number of aromatic nitrogens is 1. The van der Waals surface area contributed by atoms with Gasteiger partial charge >= 0.3 is 12.3 Å². The molecule has 0 bridgehead atoms. The van der Waals surface area contributed by atoms with Gasteiger partial charge in [0.2, 0.25) is 33.3 Å². The number of nitrogens with zero attached hydrogens (tertiary/aromatic N) is 2. The van der Waals surface area contributed by atoms with E-state index in [1.807, 2.05) is 0 Å². The monoisotopic (exact) mass is 823 g/mol. The number of methoxy groups -OCH3 is 1. The van der Waals surface area contributed by atoms with E-state index < -0.39 is 92.7 Å². The Bertz CT molecular complexity index is 2030. The number of rotatable bonds is 9. The van der Waals surface area contributed by atoms with Crippen LogP contribution in [0, 0.1) is 5.92 Å². The summed E-state index contributed by atoms with van der Waals surface area (Å²) in [7, 11) is -2.51. The summed E-state index contributed by atoms with van der Waals surface area (Å²) >= 11 is 0. The molecule has 2 aliphatic heterocycles. The van der Waals surface area contributed by atoms with Crippen LogP contribution in [-0.2, 0) is 33.9 Å². The molecule has 4 amide bonds. The zero-order valence-electron chi connectivity index (χ0n) is 32.3. The summed E-state index contributed by atoms with van der Waals surface area (Å²) in [6, 6.07) is 4.11. The first-order valence-electron chi connectivity index (χ1n) is 19.0. The highest BCUT2D eigenvalue weighted by molar-refractivity contribution is 7.91. The van der Waals surface area contributed by atoms with Gasteiger partial charge in [-0.2, -0.15) is 13.2 Å². The third-order valence-electron chi connectivity index (χ3n) is 10.9. The van der Waals surface area contributed by atoms with Crippen molar-refractivity contribution in [2.45, 2.75) is 126 Å². The minimum Gasteiger partial charge on any atom is -0.494 e. The quantitative estimate of drug-likeness (QED) is 0.310. The van der Waals surface area contributed by atoms with Crippen LogP contribution in [0.4, 0.5) is 18.0 Å². The van der Waals surface area contributed by atoms with Gasteiger partial charge in [-0.25, -0.2) is 18.2 Å². The summed E-state index contributed by atoms with van der Waals surface area (Å²) in [6.07, 6.45) is -2.33. The zero-order valence-corrected chi connectivity index (χ0v) is 33.1. The Morgan fingerprint density at radius 1 is 1.12 bits per heavy atom. The lowest BCUT2D eigenvalue weighted by Gasteiger charge is -2.35. The fourth-order valence-electron chi connectivity index (χ4n) is 7.20. The van der Waals surface area contributed by atoms with E-state index in [9.17, 15) is 40.8 Å². The molecule has 57 heavy (non-hydrogen) atoms. The molecule has 2 saturated carbocycles. The molecule has 3 N–H and O–H groups in total. The minimum atomic E-state index is -4.94. The van der Waals surface area contributed by atoms with Gasteiger partial charge in [-0.3, -0.25) is 19.1 Å². The number of allylic oxidation sites excluding steroid dienone is 1. The third-order valence-corrected chi connectivity index (χ3v) is 12.7. The van der Waals surface area contributed by atoms with Gasteiger partial charge in [0, 0.05) is 23.1 Å². The van der Waals surface area contributed by atoms with Crippen molar-refractivity contribution in [3.8, 4) is 11.6 Å². The Balaban J connectivity index is 1.37. The molecule has 6 rings (SSSR count). The standard InChI is InChI=1S/C38H48F3N5O10S/c1-6-28-30(43-35(50)56-36(3,4)38(39,40)41)33(48)46-20-23(55-32-26-14-10-9-13-25(26)29(53-5)19-42-32)17-27(46)31(47)44-37(34(49)45-57(51,52)24-15-16-24)18-22(37)12-8-7-11-21(2)54-28/h8-10,12-14,19,21-24,27-28,30H,6-7,11,15-18,20H2,1-5H3,(H,43,50)(H,44,47)(H,45,49)/b12-8-/t21-,22?,23-,27+,28+,30+,37-/m1/s1. The number of amides is 4. The fraction of sp³-hybridized carbons (Fsp3) is 0.605. The molecule has 2 aliphatic carbocycles. The number of fused-ring (bicyclic) bond motifs is 3. The maximum Gasteiger partial charge on any atom is 0.427 e. The van der Waals surface area contributed by atoms with E-state index in [0.717, 1.165) is 4.90 Å². The van der Waals surface area contributed by atoms with Gasteiger partial charge in [0.05, 0.1) is 37.3 Å². The number of alkyl halides is 3. The van der Waals surface area contributed by atoms with E-state index >= 15 is 0 Å². The summed E-state index contributed by atoms with van der Waals surface area (Å²) in [4.78, 5) is 61.7. The van der Waals surface area contributed by atoms with Crippen molar-refractivity contribution >= 4 is 44.6 Å². The lowest BCUT2D eigenvalue weighted by atomic mass is 10.0. The van der Waals surface area contributed by atoms with E-state index in [4.69, 9.17) is 18.9 Å². The molecular formula is C38H48F3N5O10S. The van der Waals surface area contributed by atoms with Crippen molar-refractivity contribution in [1.82, 2.24) is 25.2 Å². The Morgan fingerprint density at radius 2 is 1.82 bits per heavy atom. The van der Waals surface area contributed by atoms with Crippen LogP contribution in [0.15, 0.2) is 42.6 Å². The van der Waals surface area contributed by atoms with Crippen molar-refractivity contribution < 1.29 is 59.7 Å². The van der Waals surface area contributed by atoms with Gasteiger partial charge in [0.1, 0.15) is 29.5 Å². The van der Waals surface area contributed by atoms with Crippen molar-refractivity contribution in [3.05, 3.63) is 42.6 Å². The average Bonchev–Trinajstić information content (AvgIpc) is 4.07. The molecule has 3 fully saturated rings. The second-order valence-electron chi connectivity index (χ2n) is 15.5. The number of nitrogens with one attached hydrogen (secondary N) is 3. The van der Waals surface area contributed by atoms with Crippen molar-refractivity contribution in [1.29, 1.82) is 0 Å². The number of ether oxygens (including phenoxy) is 4. The van der Waals surface area contributed by atoms with E-state index in [2.05, 4.69) is 20.3 Å². The first kappa shape index (κ1) is 42.0. The van der Waals surface area contributed by atoms with Crippen molar-refractivity contribution in [2.75, 3.05) is 13.7 Å². The minimum absolute atomic E-state index is 0.0819. The number of benzene rings is 1. The summed E-state index contributed by atoms with van der Waals surface area (Å²) in [5.41, 5.74) is -4.58.